The maximum atomic E-state index is 12.2. The molecular formula is C38H57ClO10. The molecule has 11 heteroatoms. The molecule has 8 aliphatic rings. The molecule has 0 aliphatic heterocycles. The van der Waals surface area contributed by atoms with Gasteiger partial charge in [0, 0.05) is 11.1 Å². The Morgan fingerprint density at radius 1 is 0.633 bits per heavy atom. The van der Waals surface area contributed by atoms with E-state index in [1.165, 1.54) is 64.2 Å². The third kappa shape index (κ3) is 10.2. The molecule has 0 heterocycles. The molecule has 0 amide bonds. The maximum Gasteiger partial charge on any atom is 0.333 e. The minimum absolute atomic E-state index is 0.0392. The van der Waals surface area contributed by atoms with Crippen molar-refractivity contribution in [2.45, 2.75) is 103 Å². The second-order valence-electron chi connectivity index (χ2n) is 15.7. The molecule has 0 spiro atoms. The number of esters is 3. The standard InChI is InChI=1S/C19H28O5.C15H24O4.C4H5ClO/c1-12(2)18(21)23-5-4-22-11-17(20)24-19(3)15-7-13-6-14(9-15)10-16(19)8-13;1-15(19-14(17)9-18-3-2-16)12-5-10-4-11(7-12)8-13(15)6-10;1-3(2)4(5)6/h13-16H,1,4-11H2,2-3H3;10-13,16H,2-9H2,1H3;1H2,2H3. The van der Waals surface area contributed by atoms with E-state index in [2.05, 4.69) is 27.0 Å². The van der Waals surface area contributed by atoms with Gasteiger partial charge in [-0.3, -0.25) is 4.79 Å². The molecule has 0 unspecified atom stereocenters. The molecule has 0 aromatic rings. The van der Waals surface area contributed by atoms with Gasteiger partial charge in [0.2, 0.25) is 5.24 Å². The fraction of sp³-hybridized carbons (Fsp3) is 0.789. The van der Waals surface area contributed by atoms with Gasteiger partial charge in [0.25, 0.3) is 0 Å². The predicted molar refractivity (Wildman–Crippen MR) is 183 cm³/mol. The van der Waals surface area contributed by atoms with Crippen molar-refractivity contribution in [2.75, 3.05) is 39.6 Å². The van der Waals surface area contributed by atoms with Crippen molar-refractivity contribution < 1.29 is 48.0 Å². The summed E-state index contributed by atoms with van der Waals surface area (Å²) < 4.78 is 27.0. The molecule has 49 heavy (non-hydrogen) atoms. The second kappa shape index (κ2) is 17.3. The number of rotatable bonds is 13. The molecule has 0 atom stereocenters. The summed E-state index contributed by atoms with van der Waals surface area (Å²) in [6.07, 6.45) is 12.5. The van der Waals surface area contributed by atoms with Crippen LogP contribution in [0, 0.1) is 47.3 Å². The molecule has 1 N–H and O–H groups in total. The van der Waals surface area contributed by atoms with Gasteiger partial charge in [-0.05, 0) is 151 Å². The smallest absolute Gasteiger partial charge is 0.333 e. The minimum Gasteiger partial charge on any atom is -0.460 e. The Labute approximate surface area is 296 Å². The van der Waals surface area contributed by atoms with E-state index in [1.54, 1.807) is 13.8 Å². The summed E-state index contributed by atoms with van der Waals surface area (Å²) in [6.45, 7) is 14.5. The first-order valence-electron chi connectivity index (χ1n) is 18.0. The number of aliphatic hydroxyl groups excluding tert-OH is 1. The van der Waals surface area contributed by atoms with Crippen LogP contribution in [-0.4, -0.2) is 79.1 Å². The van der Waals surface area contributed by atoms with Gasteiger partial charge in [-0.2, -0.15) is 0 Å². The van der Waals surface area contributed by atoms with Crippen molar-refractivity contribution in [3.8, 4) is 0 Å². The minimum atomic E-state index is -0.463. The first-order chi connectivity index (χ1) is 23.1. The van der Waals surface area contributed by atoms with Crippen molar-refractivity contribution in [3.05, 3.63) is 24.3 Å². The molecule has 276 valence electrons. The van der Waals surface area contributed by atoms with Crippen LogP contribution >= 0.6 is 11.6 Å². The summed E-state index contributed by atoms with van der Waals surface area (Å²) in [7, 11) is 0. The molecule has 8 fully saturated rings. The van der Waals surface area contributed by atoms with E-state index < -0.39 is 11.2 Å². The van der Waals surface area contributed by atoms with Crippen LogP contribution < -0.4 is 0 Å². The van der Waals surface area contributed by atoms with Crippen LogP contribution in [0.5, 0.6) is 0 Å². The first kappa shape index (κ1) is 39.5. The quantitative estimate of drug-likeness (QED) is 0.0803. The summed E-state index contributed by atoms with van der Waals surface area (Å²) in [5.74, 6) is 4.53. The second-order valence-corrected chi connectivity index (χ2v) is 16.1. The van der Waals surface area contributed by atoms with Gasteiger partial charge >= 0.3 is 17.9 Å². The molecule has 0 saturated heterocycles. The lowest BCUT2D eigenvalue weighted by Crippen LogP contribution is -2.58. The van der Waals surface area contributed by atoms with Crippen molar-refractivity contribution in [1.82, 2.24) is 0 Å². The summed E-state index contributed by atoms with van der Waals surface area (Å²) in [5, 5.41) is 8.18. The summed E-state index contributed by atoms with van der Waals surface area (Å²) in [6, 6.07) is 0. The number of hydrogen-bond donors (Lipinski definition) is 1. The normalized spacial score (nSPS) is 35.6. The fourth-order valence-corrected chi connectivity index (χ4v) is 9.81. The monoisotopic (exact) mass is 708 g/mol. The molecular weight excluding hydrogens is 652 g/mol. The van der Waals surface area contributed by atoms with E-state index in [0.29, 0.717) is 34.8 Å². The zero-order valence-corrected chi connectivity index (χ0v) is 30.6. The van der Waals surface area contributed by atoms with Crippen molar-refractivity contribution in [1.29, 1.82) is 0 Å². The highest BCUT2D eigenvalue weighted by atomic mass is 35.5. The Kier molecular flexibility index (Phi) is 13.9. The van der Waals surface area contributed by atoms with E-state index in [9.17, 15) is 19.2 Å². The third-order valence-corrected chi connectivity index (χ3v) is 12.3. The lowest BCUT2D eigenvalue weighted by atomic mass is 9.50. The lowest BCUT2D eigenvalue weighted by Gasteiger charge is -2.59. The van der Waals surface area contributed by atoms with Crippen molar-refractivity contribution in [3.63, 3.8) is 0 Å². The predicted octanol–water partition coefficient (Wildman–Crippen LogP) is 5.96. The lowest BCUT2D eigenvalue weighted by molar-refractivity contribution is -0.207. The number of ether oxygens (including phenoxy) is 5. The average Bonchev–Trinajstić information content (AvgIpc) is 3.02. The summed E-state index contributed by atoms with van der Waals surface area (Å²) in [5.41, 5.74) is 0.147. The molecule has 0 aromatic carbocycles. The number of aliphatic hydroxyl groups is 1. The van der Waals surface area contributed by atoms with Crippen LogP contribution in [0.1, 0.15) is 91.9 Å². The SMILES string of the molecule is C=C(C)C(=O)Cl.C=C(C)C(=O)OCCOCC(=O)OC1(C)C2CC3CC(C2)CC1C3.CC1(OC(=O)COCCO)C2CC3CC(C2)CC1C3. The zero-order valence-electron chi connectivity index (χ0n) is 29.8. The van der Waals surface area contributed by atoms with Gasteiger partial charge in [-0.1, -0.05) is 13.2 Å². The number of carbonyl (C=O) groups excluding carboxylic acids is 4. The summed E-state index contributed by atoms with van der Waals surface area (Å²) >= 11 is 4.87. The fourth-order valence-electron chi connectivity index (χ4n) is 9.81. The van der Waals surface area contributed by atoms with Gasteiger partial charge in [0.15, 0.2) is 0 Å². The Bertz CT molecular complexity index is 1160. The van der Waals surface area contributed by atoms with Gasteiger partial charge < -0.3 is 28.8 Å². The van der Waals surface area contributed by atoms with Crippen LogP contribution in [0.15, 0.2) is 24.3 Å². The molecule has 0 aromatic heterocycles. The van der Waals surface area contributed by atoms with Crippen molar-refractivity contribution in [2.24, 2.45) is 47.3 Å². The number of halogens is 1. The van der Waals surface area contributed by atoms with Crippen LogP contribution in [0.2, 0.25) is 0 Å². The summed E-state index contributed by atoms with van der Waals surface area (Å²) in [4.78, 5) is 45.1. The van der Waals surface area contributed by atoms with E-state index in [4.69, 9.17) is 40.4 Å². The van der Waals surface area contributed by atoms with E-state index in [0.717, 1.165) is 23.7 Å². The van der Waals surface area contributed by atoms with Crippen LogP contribution in [0.3, 0.4) is 0 Å². The van der Waals surface area contributed by atoms with Gasteiger partial charge in [-0.25, -0.2) is 14.4 Å². The van der Waals surface area contributed by atoms with E-state index >= 15 is 0 Å². The Morgan fingerprint density at radius 2 is 0.980 bits per heavy atom. The van der Waals surface area contributed by atoms with Gasteiger partial charge in [0.1, 0.15) is 31.0 Å². The molecule has 8 saturated carbocycles. The Morgan fingerprint density at radius 3 is 1.29 bits per heavy atom. The topological polar surface area (TPSA) is 135 Å². The van der Waals surface area contributed by atoms with Crippen LogP contribution in [0.4, 0.5) is 0 Å². The average molecular weight is 709 g/mol. The number of carbonyl (C=O) groups is 4. The third-order valence-electron chi connectivity index (χ3n) is 12.0. The van der Waals surface area contributed by atoms with E-state index in [-0.39, 0.29) is 62.8 Å². The van der Waals surface area contributed by atoms with Gasteiger partial charge in [-0.15, -0.1) is 0 Å². The van der Waals surface area contributed by atoms with E-state index in [1.807, 2.05) is 0 Å². The Balaban J connectivity index is 0.000000193. The molecule has 8 rings (SSSR count). The first-order valence-corrected chi connectivity index (χ1v) is 18.4. The highest BCUT2D eigenvalue weighted by molar-refractivity contribution is 6.67. The highest BCUT2D eigenvalue weighted by Crippen LogP contribution is 2.60. The van der Waals surface area contributed by atoms with Crippen LogP contribution in [-0.2, 0) is 42.9 Å². The molecule has 10 nitrogen and oxygen atoms in total. The molecule has 8 aliphatic carbocycles. The Hall–Kier alpha value is -2.27. The van der Waals surface area contributed by atoms with Gasteiger partial charge in [0.05, 0.1) is 19.8 Å². The number of hydrogen-bond acceptors (Lipinski definition) is 10. The zero-order chi connectivity index (χ0) is 35.9. The maximum absolute atomic E-state index is 12.2. The largest absolute Gasteiger partial charge is 0.460 e. The number of allylic oxidation sites excluding steroid dienone is 1. The molecule has 0 radical (unpaired) electrons. The highest BCUT2D eigenvalue weighted by Gasteiger charge is 2.58. The van der Waals surface area contributed by atoms with Crippen molar-refractivity contribution >= 4 is 34.8 Å². The molecule has 8 bridgehead atoms. The van der Waals surface area contributed by atoms with Crippen LogP contribution in [0.25, 0.3) is 0 Å².